The molecule has 1 saturated heterocycles. The summed E-state index contributed by atoms with van der Waals surface area (Å²) in [5.74, 6) is 1.40. The fraction of sp³-hybridized carbons (Fsp3) is 0.421. The zero-order chi connectivity index (χ0) is 17.9. The number of benzene rings is 1. The molecule has 0 saturated carbocycles. The third-order valence-corrected chi connectivity index (χ3v) is 4.95. The van der Waals surface area contributed by atoms with Crippen molar-refractivity contribution in [1.29, 1.82) is 0 Å². The van der Waals surface area contributed by atoms with Crippen LogP contribution >= 0.6 is 0 Å². The molecule has 7 heteroatoms. The molecule has 2 aliphatic heterocycles. The number of ether oxygens (including phenoxy) is 1. The topological polar surface area (TPSA) is 70.6 Å². The summed E-state index contributed by atoms with van der Waals surface area (Å²) in [6, 6.07) is 10.1. The van der Waals surface area contributed by atoms with E-state index < -0.39 is 6.17 Å². The molecule has 3 heterocycles. The molecular weight excluding hydrogens is 330 g/mol. The predicted octanol–water partition coefficient (Wildman–Crippen LogP) is 1.83. The van der Waals surface area contributed by atoms with Gasteiger partial charge in [0.15, 0.2) is 24.1 Å². The van der Waals surface area contributed by atoms with Gasteiger partial charge in [-0.3, -0.25) is 9.69 Å². The summed E-state index contributed by atoms with van der Waals surface area (Å²) in [7, 11) is 0. The van der Waals surface area contributed by atoms with E-state index in [1.807, 2.05) is 23.1 Å². The van der Waals surface area contributed by atoms with Crippen LogP contribution in [0, 0.1) is 0 Å². The van der Waals surface area contributed by atoms with Gasteiger partial charge < -0.3 is 15.0 Å². The lowest BCUT2D eigenvalue weighted by atomic mass is 10.1. The van der Waals surface area contributed by atoms with E-state index in [-0.39, 0.29) is 6.04 Å². The van der Waals surface area contributed by atoms with Gasteiger partial charge in [-0.1, -0.05) is 30.3 Å². The number of nitrogens with zero attached hydrogens (tertiary/aromatic N) is 4. The lowest BCUT2D eigenvalue weighted by Crippen LogP contribution is -2.39. The maximum absolute atomic E-state index is 11.6. The molecule has 0 bridgehead atoms. The number of aromatic nitrogens is 2. The van der Waals surface area contributed by atoms with Gasteiger partial charge in [-0.15, -0.1) is 0 Å². The van der Waals surface area contributed by atoms with Crippen LogP contribution in [0.15, 0.2) is 36.5 Å². The van der Waals surface area contributed by atoms with Gasteiger partial charge in [0.2, 0.25) is 0 Å². The van der Waals surface area contributed by atoms with Crippen molar-refractivity contribution in [3.63, 3.8) is 0 Å². The highest BCUT2D eigenvalue weighted by Gasteiger charge is 2.35. The minimum atomic E-state index is -0.459. The standard InChI is InChI=1S/C19H23N5O2/c1-14(15-5-3-2-4-6-15)24-17(13-25)22-18-19(24)21-16(11-20-18)12-23-7-9-26-10-8-23/h2-6,11,13-14,17H,7-10,12H2,1H3,(H,20,22)/t14?,17-/m0/s1. The molecule has 7 nitrogen and oxygen atoms in total. The molecular formula is C19H23N5O2. The first-order valence-electron chi connectivity index (χ1n) is 8.97. The fourth-order valence-corrected chi connectivity index (χ4v) is 3.52. The molecule has 0 radical (unpaired) electrons. The van der Waals surface area contributed by atoms with E-state index >= 15 is 0 Å². The number of hydrogen-bond acceptors (Lipinski definition) is 7. The zero-order valence-electron chi connectivity index (χ0n) is 14.8. The van der Waals surface area contributed by atoms with Crippen LogP contribution in [0.5, 0.6) is 0 Å². The van der Waals surface area contributed by atoms with Gasteiger partial charge in [0.1, 0.15) is 0 Å². The second-order valence-corrected chi connectivity index (χ2v) is 6.64. The molecule has 0 aliphatic carbocycles. The Morgan fingerprint density at radius 1 is 1.31 bits per heavy atom. The zero-order valence-corrected chi connectivity index (χ0v) is 14.8. The summed E-state index contributed by atoms with van der Waals surface area (Å²) < 4.78 is 5.40. The summed E-state index contributed by atoms with van der Waals surface area (Å²) in [5, 5.41) is 3.17. The number of nitrogens with one attached hydrogen (secondary N) is 1. The van der Waals surface area contributed by atoms with E-state index in [2.05, 4.69) is 34.3 Å². The van der Waals surface area contributed by atoms with Crippen molar-refractivity contribution >= 4 is 17.9 Å². The number of aldehydes is 1. The van der Waals surface area contributed by atoms with Gasteiger partial charge in [0.25, 0.3) is 0 Å². The third kappa shape index (κ3) is 3.27. The summed E-state index contributed by atoms with van der Waals surface area (Å²) in [4.78, 5) is 25.3. The minimum Gasteiger partial charge on any atom is -0.379 e. The molecule has 4 rings (SSSR count). The number of fused-ring (bicyclic) bond motifs is 1. The van der Waals surface area contributed by atoms with Crippen LogP contribution in [0.3, 0.4) is 0 Å². The summed E-state index contributed by atoms with van der Waals surface area (Å²) in [6.07, 6.45) is 2.24. The highest BCUT2D eigenvalue weighted by Crippen LogP contribution is 2.37. The average Bonchev–Trinajstić information content (AvgIpc) is 3.07. The molecule has 2 atom stereocenters. The molecule has 1 unspecified atom stereocenters. The number of rotatable bonds is 5. The first-order chi connectivity index (χ1) is 12.8. The van der Waals surface area contributed by atoms with Gasteiger partial charge in [0.05, 0.1) is 31.1 Å². The van der Waals surface area contributed by atoms with Crippen molar-refractivity contribution in [3.8, 4) is 0 Å². The smallest absolute Gasteiger partial charge is 0.174 e. The minimum absolute atomic E-state index is 0.00749. The number of hydrogen-bond donors (Lipinski definition) is 1. The van der Waals surface area contributed by atoms with Crippen LogP contribution in [0.1, 0.15) is 24.2 Å². The molecule has 0 amide bonds. The first kappa shape index (κ1) is 16.9. The summed E-state index contributed by atoms with van der Waals surface area (Å²) in [5.41, 5.74) is 2.04. The molecule has 1 aromatic carbocycles. The Balaban J connectivity index is 1.61. The normalized spacial score (nSPS) is 21.1. The molecule has 1 fully saturated rings. The van der Waals surface area contributed by atoms with E-state index in [1.165, 1.54) is 0 Å². The van der Waals surface area contributed by atoms with E-state index in [1.54, 1.807) is 6.20 Å². The molecule has 0 spiro atoms. The Bertz CT molecular complexity index is 764. The predicted molar refractivity (Wildman–Crippen MR) is 98.9 cm³/mol. The number of morpholine rings is 1. The van der Waals surface area contributed by atoms with Gasteiger partial charge >= 0.3 is 0 Å². The second kappa shape index (κ2) is 7.39. The summed E-state index contributed by atoms with van der Waals surface area (Å²) >= 11 is 0. The average molecular weight is 353 g/mol. The maximum Gasteiger partial charge on any atom is 0.174 e. The van der Waals surface area contributed by atoms with Crippen LogP contribution in [0.25, 0.3) is 0 Å². The van der Waals surface area contributed by atoms with E-state index in [0.717, 1.165) is 56.2 Å². The van der Waals surface area contributed by atoms with Gasteiger partial charge in [-0.2, -0.15) is 0 Å². The van der Waals surface area contributed by atoms with E-state index in [0.29, 0.717) is 5.82 Å². The Morgan fingerprint density at radius 3 is 2.81 bits per heavy atom. The van der Waals surface area contributed by atoms with Crippen LogP contribution in [-0.4, -0.2) is 53.6 Å². The summed E-state index contributed by atoms with van der Waals surface area (Å²) in [6.45, 7) is 6.13. The molecule has 2 aliphatic rings. The highest BCUT2D eigenvalue weighted by atomic mass is 16.5. The third-order valence-electron chi connectivity index (χ3n) is 4.95. The first-order valence-corrected chi connectivity index (χ1v) is 8.97. The van der Waals surface area contributed by atoms with Crippen molar-refractivity contribution < 1.29 is 9.53 Å². The molecule has 136 valence electrons. The Hall–Kier alpha value is -2.51. The van der Waals surface area contributed by atoms with Crippen molar-refractivity contribution in [2.45, 2.75) is 25.7 Å². The Labute approximate surface area is 153 Å². The van der Waals surface area contributed by atoms with Crippen LogP contribution in [0.4, 0.5) is 11.6 Å². The lowest BCUT2D eigenvalue weighted by molar-refractivity contribution is -0.108. The van der Waals surface area contributed by atoms with Crippen molar-refractivity contribution in [3.05, 3.63) is 47.8 Å². The second-order valence-electron chi connectivity index (χ2n) is 6.64. The molecule has 2 aromatic rings. The van der Waals surface area contributed by atoms with Crippen molar-refractivity contribution in [1.82, 2.24) is 14.9 Å². The fourth-order valence-electron chi connectivity index (χ4n) is 3.52. The van der Waals surface area contributed by atoms with Crippen LogP contribution in [-0.2, 0) is 16.1 Å². The molecule has 26 heavy (non-hydrogen) atoms. The molecule has 1 N–H and O–H groups in total. The Morgan fingerprint density at radius 2 is 2.08 bits per heavy atom. The van der Waals surface area contributed by atoms with E-state index in [4.69, 9.17) is 9.72 Å². The monoisotopic (exact) mass is 353 g/mol. The van der Waals surface area contributed by atoms with E-state index in [9.17, 15) is 4.79 Å². The SMILES string of the molecule is CC(c1ccccc1)N1c2nc(CN3CCOCC3)cnc2N[C@@H]1C=O. The number of anilines is 2. The highest BCUT2D eigenvalue weighted by molar-refractivity contribution is 5.80. The lowest BCUT2D eigenvalue weighted by Gasteiger charge is -2.29. The maximum atomic E-state index is 11.6. The van der Waals surface area contributed by atoms with Crippen molar-refractivity contribution in [2.24, 2.45) is 0 Å². The number of carbonyl (C=O) groups excluding carboxylic acids is 1. The quantitative estimate of drug-likeness (QED) is 0.822. The Kier molecular flexibility index (Phi) is 4.81. The van der Waals surface area contributed by atoms with Crippen molar-refractivity contribution in [2.75, 3.05) is 36.5 Å². The number of carbonyl (C=O) groups is 1. The van der Waals surface area contributed by atoms with Crippen LogP contribution in [0.2, 0.25) is 0 Å². The van der Waals surface area contributed by atoms with Gasteiger partial charge in [0, 0.05) is 19.6 Å². The molecule has 1 aromatic heterocycles. The van der Waals surface area contributed by atoms with Gasteiger partial charge in [-0.05, 0) is 12.5 Å². The largest absolute Gasteiger partial charge is 0.379 e. The van der Waals surface area contributed by atoms with Gasteiger partial charge in [-0.25, -0.2) is 9.97 Å². The van der Waals surface area contributed by atoms with Crippen LogP contribution < -0.4 is 10.2 Å².